The van der Waals surface area contributed by atoms with Crippen molar-refractivity contribution in [1.82, 2.24) is 0 Å². The number of hydrogen-bond acceptors (Lipinski definition) is 6. The van der Waals surface area contributed by atoms with E-state index in [0.29, 0.717) is 18.3 Å². The summed E-state index contributed by atoms with van der Waals surface area (Å²) in [7, 11) is 1.00. The maximum absolute atomic E-state index is 10.3. The second-order valence-electron chi connectivity index (χ2n) is 9.22. The van der Waals surface area contributed by atoms with Gasteiger partial charge in [0.05, 0.1) is 6.10 Å². The summed E-state index contributed by atoms with van der Waals surface area (Å²) in [6, 6.07) is 14.7. The van der Waals surface area contributed by atoms with Crippen LogP contribution in [0, 0.1) is 18.8 Å². The highest BCUT2D eigenvalue weighted by molar-refractivity contribution is 5.44. The SMILES string of the molecule is C=O.CCc1ccc(NCC(C)C)cc1.CO.Cc1ccc2c(c1)C(O)CC(C1CCOCC1)O2. The van der Waals surface area contributed by atoms with Gasteiger partial charge in [0.15, 0.2) is 0 Å². The number of hydrogen-bond donors (Lipinski definition) is 3. The quantitative estimate of drug-likeness (QED) is 0.527. The molecule has 0 spiro atoms. The zero-order chi connectivity index (χ0) is 26.2. The first-order chi connectivity index (χ1) is 17.0. The Balaban J connectivity index is 0.000000320. The summed E-state index contributed by atoms with van der Waals surface area (Å²) in [4.78, 5) is 8.00. The van der Waals surface area contributed by atoms with Gasteiger partial charge in [-0.3, -0.25) is 0 Å². The normalized spacial score (nSPS) is 18.9. The van der Waals surface area contributed by atoms with Crippen molar-refractivity contribution in [2.75, 3.05) is 32.2 Å². The van der Waals surface area contributed by atoms with E-state index in [4.69, 9.17) is 19.4 Å². The Hall–Kier alpha value is -2.41. The van der Waals surface area contributed by atoms with Crippen molar-refractivity contribution in [3.63, 3.8) is 0 Å². The van der Waals surface area contributed by atoms with Gasteiger partial charge in [0.25, 0.3) is 0 Å². The molecule has 1 fully saturated rings. The number of fused-ring (bicyclic) bond motifs is 1. The molecule has 6 heteroatoms. The van der Waals surface area contributed by atoms with Gasteiger partial charge in [0, 0.05) is 50.5 Å². The zero-order valence-corrected chi connectivity index (χ0v) is 22.1. The highest BCUT2D eigenvalue weighted by atomic mass is 16.5. The van der Waals surface area contributed by atoms with Crippen LogP contribution < -0.4 is 10.1 Å². The maximum Gasteiger partial charge on any atom is 0.125 e. The van der Waals surface area contributed by atoms with Crippen molar-refractivity contribution >= 4 is 12.5 Å². The molecule has 196 valence electrons. The Kier molecular flexibility index (Phi) is 15.0. The molecule has 0 saturated carbocycles. The molecule has 35 heavy (non-hydrogen) atoms. The van der Waals surface area contributed by atoms with Crippen LogP contribution in [0.3, 0.4) is 0 Å². The van der Waals surface area contributed by atoms with Crippen LogP contribution in [0.25, 0.3) is 0 Å². The van der Waals surface area contributed by atoms with E-state index in [0.717, 1.165) is 57.4 Å². The summed E-state index contributed by atoms with van der Waals surface area (Å²) in [5.41, 5.74) is 4.74. The highest BCUT2D eigenvalue weighted by Gasteiger charge is 2.33. The van der Waals surface area contributed by atoms with Crippen LogP contribution in [-0.4, -0.2) is 50.0 Å². The summed E-state index contributed by atoms with van der Waals surface area (Å²) in [6.07, 6.45) is 3.66. The molecule has 4 rings (SSSR count). The minimum atomic E-state index is -0.388. The van der Waals surface area contributed by atoms with Crippen molar-refractivity contribution in [3.8, 4) is 5.75 Å². The lowest BCUT2D eigenvalue weighted by atomic mass is 9.86. The maximum atomic E-state index is 10.3. The number of anilines is 1. The fourth-order valence-electron chi connectivity index (χ4n) is 4.15. The van der Waals surface area contributed by atoms with Crippen molar-refractivity contribution in [3.05, 3.63) is 59.2 Å². The minimum absolute atomic E-state index is 0.138. The molecule has 1 saturated heterocycles. The van der Waals surface area contributed by atoms with Crippen molar-refractivity contribution in [1.29, 1.82) is 0 Å². The lowest BCUT2D eigenvalue weighted by Gasteiger charge is -2.36. The molecule has 2 aliphatic rings. The average Bonchev–Trinajstić information content (AvgIpc) is 2.91. The van der Waals surface area contributed by atoms with Crippen LogP contribution in [0.4, 0.5) is 5.69 Å². The first-order valence-corrected chi connectivity index (χ1v) is 12.6. The molecule has 2 unspecified atom stereocenters. The van der Waals surface area contributed by atoms with Gasteiger partial charge in [-0.2, -0.15) is 0 Å². The number of aliphatic hydroxyl groups is 2. The van der Waals surface area contributed by atoms with E-state index in [1.54, 1.807) is 0 Å². The lowest BCUT2D eigenvalue weighted by molar-refractivity contribution is -0.0980. The minimum Gasteiger partial charge on any atom is -0.490 e. The van der Waals surface area contributed by atoms with Crippen molar-refractivity contribution < 1.29 is 24.5 Å². The predicted octanol–water partition coefficient (Wildman–Crippen LogP) is 5.35. The van der Waals surface area contributed by atoms with Gasteiger partial charge in [-0.1, -0.05) is 44.5 Å². The second kappa shape index (κ2) is 17.1. The van der Waals surface area contributed by atoms with Gasteiger partial charge in [-0.25, -0.2) is 0 Å². The van der Waals surface area contributed by atoms with Gasteiger partial charge in [0.2, 0.25) is 0 Å². The first kappa shape index (κ1) is 30.6. The summed E-state index contributed by atoms with van der Waals surface area (Å²) < 4.78 is 11.5. The molecule has 0 radical (unpaired) electrons. The third kappa shape index (κ3) is 10.4. The monoisotopic (exact) mass is 487 g/mol. The number of aryl methyl sites for hydroxylation is 2. The largest absolute Gasteiger partial charge is 0.490 e. The first-order valence-electron chi connectivity index (χ1n) is 12.6. The molecule has 2 aromatic carbocycles. The Labute approximate surface area is 211 Å². The summed E-state index contributed by atoms with van der Waals surface area (Å²) in [6.45, 7) is 13.3. The van der Waals surface area contributed by atoms with E-state index in [2.05, 4.69) is 50.4 Å². The molecule has 0 amide bonds. The number of carbonyl (C=O) groups is 1. The predicted molar refractivity (Wildman–Crippen MR) is 143 cm³/mol. The van der Waals surface area contributed by atoms with Crippen molar-refractivity contribution in [2.45, 2.75) is 65.6 Å². The fraction of sp³-hybridized carbons (Fsp3) is 0.552. The third-order valence-corrected chi connectivity index (χ3v) is 6.13. The third-order valence-electron chi connectivity index (χ3n) is 6.13. The standard InChI is InChI=1S/C15H20O3.C12H19N.CH4O.CH2O/c1-10-2-3-14-12(8-10)13(16)9-15(18-14)11-4-6-17-7-5-11;1-4-11-5-7-12(8-6-11)13-9-10(2)3;2*1-2/h2-3,8,11,13,15-16H,4-7,9H2,1H3;5-8,10,13H,4,9H2,1-3H3;2H,1H3;1H2. The van der Waals surface area contributed by atoms with Gasteiger partial charge in [-0.15, -0.1) is 0 Å². The molecule has 2 heterocycles. The Bertz CT molecular complexity index is 818. The second-order valence-corrected chi connectivity index (χ2v) is 9.22. The summed E-state index contributed by atoms with van der Waals surface area (Å²) >= 11 is 0. The Morgan fingerprint density at radius 3 is 2.26 bits per heavy atom. The number of carbonyl (C=O) groups excluding carboxylic acids is 1. The van der Waals surface area contributed by atoms with Crippen LogP contribution in [-0.2, 0) is 16.0 Å². The number of nitrogens with one attached hydrogen (secondary N) is 1. The molecule has 6 nitrogen and oxygen atoms in total. The van der Waals surface area contributed by atoms with Crippen LogP contribution in [0.15, 0.2) is 42.5 Å². The van der Waals surface area contributed by atoms with Crippen LogP contribution >= 0.6 is 0 Å². The van der Waals surface area contributed by atoms with E-state index < -0.39 is 0 Å². The molecule has 2 atom stereocenters. The molecule has 0 aromatic heterocycles. The van der Waals surface area contributed by atoms with Gasteiger partial charge < -0.3 is 29.8 Å². The van der Waals surface area contributed by atoms with Gasteiger partial charge in [-0.05, 0) is 61.9 Å². The Morgan fingerprint density at radius 2 is 1.69 bits per heavy atom. The number of ether oxygens (including phenoxy) is 2. The molecule has 3 N–H and O–H groups in total. The lowest BCUT2D eigenvalue weighted by Crippen LogP contribution is -2.36. The molecule has 0 bridgehead atoms. The van der Waals surface area contributed by atoms with E-state index in [9.17, 15) is 5.11 Å². The van der Waals surface area contributed by atoms with Gasteiger partial charge >= 0.3 is 0 Å². The van der Waals surface area contributed by atoms with Crippen LogP contribution in [0.2, 0.25) is 0 Å². The van der Waals surface area contributed by atoms with Crippen LogP contribution in [0.5, 0.6) is 5.75 Å². The molecule has 2 aliphatic heterocycles. The smallest absolute Gasteiger partial charge is 0.125 e. The van der Waals surface area contributed by atoms with E-state index in [1.165, 1.54) is 16.8 Å². The fourth-order valence-corrected chi connectivity index (χ4v) is 4.15. The molecule has 0 aliphatic carbocycles. The van der Waals surface area contributed by atoms with Crippen molar-refractivity contribution in [2.24, 2.45) is 11.8 Å². The molecular weight excluding hydrogens is 442 g/mol. The van der Waals surface area contributed by atoms with E-state index in [1.807, 2.05) is 31.9 Å². The summed E-state index contributed by atoms with van der Waals surface area (Å²) in [5, 5.41) is 20.7. The molecule has 2 aromatic rings. The van der Waals surface area contributed by atoms with Gasteiger partial charge in [0.1, 0.15) is 18.6 Å². The number of benzene rings is 2. The Morgan fingerprint density at radius 1 is 1.06 bits per heavy atom. The van der Waals surface area contributed by atoms with E-state index >= 15 is 0 Å². The highest BCUT2D eigenvalue weighted by Crippen LogP contribution is 2.39. The zero-order valence-electron chi connectivity index (χ0n) is 22.1. The van der Waals surface area contributed by atoms with E-state index in [-0.39, 0.29) is 12.2 Å². The average molecular weight is 488 g/mol. The number of rotatable bonds is 5. The summed E-state index contributed by atoms with van der Waals surface area (Å²) in [5.74, 6) is 2.07. The molecular formula is C29H45NO5. The number of aliphatic hydroxyl groups excluding tert-OH is 2. The van der Waals surface area contributed by atoms with Crippen LogP contribution in [0.1, 0.15) is 62.8 Å². The topological polar surface area (TPSA) is 88.0 Å².